The summed E-state index contributed by atoms with van der Waals surface area (Å²) in [6.45, 7) is 0.188. The summed E-state index contributed by atoms with van der Waals surface area (Å²) in [6, 6.07) is 11.0. The molecule has 2 heterocycles. The molecule has 1 N–H and O–H groups in total. The third kappa shape index (κ3) is 3.39. The van der Waals surface area contributed by atoms with E-state index in [1.54, 1.807) is 30.3 Å². The van der Waals surface area contributed by atoms with Gasteiger partial charge in [0.2, 0.25) is 12.7 Å². The van der Waals surface area contributed by atoms with Gasteiger partial charge in [0.05, 0.1) is 0 Å². The van der Waals surface area contributed by atoms with Gasteiger partial charge in [-0.25, -0.2) is 4.39 Å². The first-order valence-corrected chi connectivity index (χ1v) is 7.65. The molecule has 4 rings (SSSR count). The predicted octanol–water partition coefficient (Wildman–Crippen LogP) is 3.26. The topological polar surface area (TPSA) is 86.5 Å². The molecule has 1 aliphatic heterocycles. The Kier molecular flexibility index (Phi) is 4.06. The van der Waals surface area contributed by atoms with E-state index in [1.165, 1.54) is 24.3 Å². The van der Waals surface area contributed by atoms with Gasteiger partial charge in [0, 0.05) is 11.6 Å². The highest BCUT2D eigenvalue weighted by Gasteiger charge is 2.13. The van der Waals surface area contributed by atoms with Crippen molar-refractivity contribution in [3.8, 4) is 23.0 Å². The lowest BCUT2D eigenvalue weighted by Crippen LogP contribution is -2.07. The highest BCUT2D eigenvalue weighted by Crippen LogP contribution is 2.32. The number of fused-ring (bicyclic) bond motifs is 1. The molecule has 0 fully saturated rings. The summed E-state index contributed by atoms with van der Waals surface area (Å²) in [4.78, 5) is 12.0. The standard InChI is InChI=1S/C18H12FN3O4/c19-13-3-1-2-12(9-13)17-21-22-18(26-17)20-16(23)7-5-11-4-6-14-15(8-11)25-10-24-14/h1-9H,10H2,(H,20,22,23). The van der Waals surface area contributed by atoms with Gasteiger partial charge in [0.25, 0.3) is 5.91 Å². The Balaban J connectivity index is 1.42. The van der Waals surface area contributed by atoms with Gasteiger partial charge in [-0.05, 0) is 42.0 Å². The number of hydrogen-bond acceptors (Lipinski definition) is 6. The van der Waals surface area contributed by atoms with Crippen LogP contribution in [0, 0.1) is 5.82 Å². The third-order valence-corrected chi connectivity index (χ3v) is 3.55. The number of carbonyl (C=O) groups is 1. The molecule has 0 saturated heterocycles. The molecule has 1 aromatic heterocycles. The largest absolute Gasteiger partial charge is 0.454 e. The van der Waals surface area contributed by atoms with Gasteiger partial charge >= 0.3 is 6.01 Å². The molecule has 3 aromatic rings. The average molecular weight is 353 g/mol. The number of nitrogens with one attached hydrogen (secondary N) is 1. The maximum Gasteiger partial charge on any atom is 0.322 e. The number of anilines is 1. The monoisotopic (exact) mass is 353 g/mol. The van der Waals surface area contributed by atoms with E-state index < -0.39 is 11.7 Å². The van der Waals surface area contributed by atoms with Crippen LogP contribution in [0.1, 0.15) is 5.56 Å². The first-order chi connectivity index (χ1) is 12.7. The minimum Gasteiger partial charge on any atom is -0.454 e. The van der Waals surface area contributed by atoms with Crippen molar-refractivity contribution in [1.29, 1.82) is 0 Å². The van der Waals surface area contributed by atoms with E-state index in [-0.39, 0.29) is 18.7 Å². The highest BCUT2D eigenvalue weighted by molar-refractivity contribution is 6.00. The third-order valence-electron chi connectivity index (χ3n) is 3.55. The van der Waals surface area contributed by atoms with Crippen molar-refractivity contribution in [2.45, 2.75) is 0 Å². The lowest BCUT2D eigenvalue weighted by atomic mass is 10.2. The Morgan fingerprint density at radius 2 is 2.00 bits per heavy atom. The van der Waals surface area contributed by atoms with E-state index in [4.69, 9.17) is 13.9 Å². The van der Waals surface area contributed by atoms with Gasteiger partial charge in [-0.2, -0.15) is 0 Å². The molecule has 8 heteroatoms. The smallest absolute Gasteiger partial charge is 0.322 e. The van der Waals surface area contributed by atoms with Crippen LogP contribution in [0.15, 0.2) is 53.0 Å². The number of hydrogen-bond donors (Lipinski definition) is 1. The van der Waals surface area contributed by atoms with Crippen molar-refractivity contribution in [2.24, 2.45) is 0 Å². The van der Waals surface area contributed by atoms with Crippen LogP contribution < -0.4 is 14.8 Å². The Hall–Kier alpha value is -3.68. The summed E-state index contributed by atoms with van der Waals surface area (Å²) >= 11 is 0. The molecule has 0 atom stereocenters. The SMILES string of the molecule is O=C(C=Cc1ccc2c(c1)OCO2)Nc1nnc(-c2cccc(F)c2)o1. The number of rotatable bonds is 4. The second kappa shape index (κ2) is 6.67. The normalized spacial score (nSPS) is 12.5. The van der Waals surface area contributed by atoms with Gasteiger partial charge in [0.1, 0.15) is 5.82 Å². The molecule has 0 unspecified atom stereocenters. The van der Waals surface area contributed by atoms with Crippen LogP contribution in [0.3, 0.4) is 0 Å². The summed E-state index contributed by atoms with van der Waals surface area (Å²) in [6.07, 6.45) is 2.94. The van der Waals surface area contributed by atoms with Crippen LogP contribution in [-0.4, -0.2) is 22.9 Å². The van der Waals surface area contributed by atoms with E-state index in [9.17, 15) is 9.18 Å². The molecule has 26 heavy (non-hydrogen) atoms. The molecule has 1 amide bonds. The first-order valence-electron chi connectivity index (χ1n) is 7.65. The highest BCUT2D eigenvalue weighted by atomic mass is 19.1. The number of ether oxygens (including phenoxy) is 2. The Morgan fingerprint density at radius 1 is 1.12 bits per heavy atom. The zero-order valence-corrected chi connectivity index (χ0v) is 13.3. The molecule has 0 radical (unpaired) electrons. The second-order valence-corrected chi connectivity index (χ2v) is 5.36. The van der Waals surface area contributed by atoms with Crippen LogP contribution in [0.5, 0.6) is 11.5 Å². The number of amides is 1. The zero-order valence-electron chi connectivity index (χ0n) is 13.3. The summed E-state index contributed by atoms with van der Waals surface area (Å²) in [5, 5.41) is 9.96. The van der Waals surface area contributed by atoms with E-state index in [0.29, 0.717) is 17.1 Å². The number of halogens is 1. The quantitative estimate of drug-likeness (QED) is 0.725. The Labute approximate surface area is 147 Å². The van der Waals surface area contributed by atoms with Crippen LogP contribution >= 0.6 is 0 Å². The zero-order chi connectivity index (χ0) is 17.9. The fourth-order valence-corrected chi connectivity index (χ4v) is 2.35. The maximum absolute atomic E-state index is 13.2. The summed E-state index contributed by atoms with van der Waals surface area (Å²) < 4.78 is 29.1. The lowest BCUT2D eigenvalue weighted by Gasteiger charge is -1.98. The van der Waals surface area contributed by atoms with Crippen molar-refractivity contribution >= 4 is 18.0 Å². The fraction of sp³-hybridized carbons (Fsp3) is 0.0556. The van der Waals surface area contributed by atoms with E-state index in [2.05, 4.69) is 15.5 Å². The van der Waals surface area contributed by atoms with Gasteiger partial charge in [0.15, 0.2) is 11.5 Å². The van der Waals surface area contributed by atoms with Crippen molar-refractivity contribution in [1.82, 2.24) is 10.2 Å². The van der Waals surface area contributed by atoms with Gasteiger partial charge in [-0.3, -0.25) is 10.1 Å². The fourth-order valence-electron chi connectivity index (χ4n) is 2.35. The molecular formula is C18H12FN3O4. The molecule has 0 saturated carbocycles. The minimum absolute atomic E-state index is 0.0791. The second-order valence-electron chi connectivity index (χ2n) is 5.36. The van der Waals surface area contributed by atoms with Crippen molar-refractivity contribution in [3.05, 3.63) is 59.9 Å². The van der Waals surface area contributed by atoms with Gasteiger partial charge in [-0.15, -0.1) is 5.10 Å². The number of carbonyl (C=O) groups excluding carboxylic acids is 1. The van der Waals surface area contributed by atoms with Crippen molar-refractivity contribution < 1.29 is 23.1 Å². The lowest BCUT2D eigenvalue weighted by molar-refractivity contribution is -0.112. The van der Waals surface area contributed by atoms with Crippen LogP contribution in [0.2, 0.25) is 0 Å². The van der Waals surface area contributed by atoms with Crippen molar-refractivity contribution in [3.63, 3.8) is 0 Å². The van der Waals surface area contributed by atoms with E-state index in [0.717, 1.165) is 5.56 Å². The molecule has 2 aromatic carbocycles. The number of benzene rings is 2. The van der Waals surface area contributed by atoms with Gasteiger partial charge < -0.3 is 13.9 Å². The van der Waals surface area contributed by atoms with E-state index in [1.807, 2.05) is 0 Å². The van der Waals surface area contributed by atoms with Crippen LogP contribution in [-0.2, 0) is 4.79 Å². The van der Waals surface area contributed by atoms with Crippen LogP contribution in [0.4, 0.5) is 10.4 Å². The molecule has 130 valence electrons. The molecule has 1 aliphatic rings. The minimum atomic E-state index is -0.447. The number of nitrogens with zero attached hydrogens (tertiary/aromatic N) is 2. The van der Waals surface area contributed by atoms with E-state index >= 15 is 0 Å². The first kappa shape index (κ1) is 15.8. The summed E-state index contributed by atoms with van der Waals surface area (Å²) in [5.74, 6) is 0.543. The van der Waals surface area contributed by atoms with Gasteiger partial charge in [-0.1, -0.05) is 17.2 Å². The predicted molar refractivity (Wildman–Crippen MR) is 89.9 cm³/mol. The Morgan fingerprint density at radius 3 is 2.88 bits per heavy atom. The molecule has 0 bridgehead atoms. The molecule has 0 aliphatic carbocycles. The maximum atomic E-state index is 13.2. The molecule has 0 spiro atoms. The summed E-state index contributed by atoms with van der Waals surface area (Å²) in [5.41, 5.74) is 1.20. The number of aromatic nitrogens is 2. The Bertz CT molecular complexity index is 1000. The van der Waals surface area contributed by atoms with Crippen molar-refractivity contribution in [2.75, 3.05) is 12.1 Å². The summed E-state index contributed by atoms with van der Waals surface area (Å²) in [7, 11) is 0. The van der Waals surface area contributed by atoms with Crippen LogP contribution in [0.25, 0.3) is 17.5 Å². The molecular weight excluding hydrogens is 341 g/mol. The average Bonchev–Trinajstić information content (AvgIpc) is 3.28. The molecule has 7 nitrogen and oxygen atoms in total.